The van der Waals surface area contributed by atoms with Crippen molar-refractivity contribution in [2.75, 3.05) is 12.4 Å². The maximum absolute atomic E-state index is 12.8. The molecular formula is C22H16Cl2N2O3. The zero-order valence-corrected chi connectivity index (χ0v) is 17.1. The van der Waals surface area contributed by atoms with Crippen LogP contribution in [0, 0.1) is 6.92 Å². The van der Waals surface area contributed by atoms with Gasteiger partial charge in [-0.15, -0.1) is 0 Å². The Bertz CT molecular complexity index is 1230. The Kier molecular flexibility index (Phi) is 5.18. The molecule has 1 N–H and O–H groups in total. The van der Waals surface area contributed by atoms with Gasteiger partial charge in [0.2, 0.25) is 5.89 Å². The number of aromatic nitrogens is 1. The maximum atomic E-state index is 12.8. The van der Waals surface area contributed by atoms with E-state index in [1.165, 1.54) is 19.2 Å². The number of ether oxygens (including phenoxy) is 1. The quantitative estimate of drug-likeness (QED) is 0.411. The standard InChI is InChI=1S/C22H16Cl2N2O3/c1-12-6-7-18-19(8-12)29-22(26-18)13-4-3-5-15(9-13)25-21(27)16-10-14(23)11-17(24)20(16)28-2/h3-11H,1-2H3,(H,25,27). The first-order valence-corrected chi connectivity index (χ1v) is 9.52. The number of halogens is 2. The minimum Gasteiger partial charge on any atom is -0.494 e. The first-order valence-electron chi connectivity index (χ1n) is 8.76. The number of fused-ring (bicyclic) bond motifs is 1. The third-order valence-electron chi connectivity index (χ3n) is 4.37. The Morgan fingerprint density at radius 3 is 2.72 bits per heavy atom. The lowest BCUT2D eigenvalue weighted by atomic mass is 10.1. The molecule has 3 aromatic carbocycles. The first-order chi connectivity index (χ1) is 13.9. The van der Waals surface area contributed by atoms with E-state index in [-0.39, 0.29) is 16.3 Å². The topological polar surface area (TPSA) is 64.4 Å². The molecule has 1 heterocycles. The minimum absolute atomic E-state index is 0.243. The average molecular weight is 427 g/mol. The van der Waals surface area contributed by atoms with E-state index >= 15 is 0 Å². The summed E-state index contributed by atoms with van der Waals surface area (Å²) < 4.78 is 11.1. The molecule has 0 aliphatic carbocycles. The zero-order chi connectivity index (χ0) is 20.5. The van der Waals surface area contributed by atoms with Crippen molar-refractivity contribution >= 4 is 45.9 Å². The number of oxazole rings is 1. The predicted molar refractivity (Wildman–Crippen MR) is 115 cm³/mol. The zero-order valence-electron chi connectivity index (χ0n) is 15.6. The highest BCUT2D eigenvalue weighted by atomic mass is 35.5. The third-order valence-corrected chi connectivity index (χ3v) is 4.87. The van der Waals surface area contributed by atoms with E-state index in [1.807, 2.05) is 37.3 Å². The SMILES string of the molecule is COc1c(Cl)cc(Cl)cc1C(=O)Nc1cccc(-c2nc3ccc(C)cc3o2)c1. The minimum atomic E-state index is -0.392. The molecule has 1 aromatic heterocycles. The van der Waals surface area contributed by atoms with Gasteiger partial charge in [-0.3, -0.25) is 4.79 Å². The summed E-state index contributed by atoms with van der Waals surface area (Å²) in [6, 6.07) is 16.1. The fourth-order valence-electron chi connectivity index (χ4n) is 3.02. The van der Waals surface area contributed by atoms with Crippen LogP contribution in [-0.4, -0.2) is 18.0 Å². The van der Waals surface area contributed by atoms with Gasteiger partial charge >= 0.3 is 0 Å². The van der Waals surface area contributed by atoms with Crippen molar-refractivity contribution in [1.29, 1.82) is 0 Å². The van der Waals surface area contributed by atoms with Gasteiger partial charge in [-0.2, -0.15) is 0 Å². The molecule has 0 bridgehead atoms. The molecular weight excluding hydrogens is 411 g/mol. The van der Waals surface area contributed by atoms with Gasteiger partial charge in [0, 0.05) is 16.3 Å². The second-order valence-corrected chi connectivity index (χ2v) is 7.34. The number of benzene rings is 3. The van der Waals surface area contributed by atoms with Crippen molar-refractivity contribution in [3.05, 3.63) is 75.8 Å². The Labute approximate surface area is 177 Å². The number of anilines is 1. The van der Waals surface area contributed by atoms with Gasteiger partial charge in [0.05, 0.1) is 17.7 Å². The number of carbonyl (C=O) groups is 1. The fraction of sp³-hybridized carbons (Fsp3) is 0.0909. The van der Waals surface area contributed by atoms with E-state index in [9.17, 15) is 4.79 Å². The van der Waals surface area contributed by atoms with E-state index in [0.29, 0.717) is 22.2 Å². The van der Waals surface area contributed by atoms with Crippen molar-refractivity contribution in [2.45, 2.75) is 6.92 Å². The van der Waals surface area contributed by atoms with Crippen molar-refractivity contribution in [2.24, 2.45) is 0 Å². The number of methoxy groups -OCH3 is 1. The molecule has 4 rings (SSSR count). The molecule has 5 nitrogen and oxygen atoms in total. The highest BCUT2D eigenvalue weighted by Gasteiger charge is 2.17. The van der Waals surface area contributed by atoms with Crippen LogP contribution in [0.4, 0.5) is 5.69 Å². The van der Waals surface area contributed by atoms with Crippen LogP contribution in [0.25, 0.3) is 22.6 Å². The van der Waals surface area contributed by atoms with Crippen LogP contribution in [-0.2, 0) is 0 Å². The third kappa shape index (κ3) is 3.92. The lowest BCUT2D eigenvalue weighted by molar-refractivity contribution is 0.102. The van der Waals surface area contributed by atoms with E-state index < -0.39 is 5.91 Å². The molecule has 0 fully saturated rings. The molecule has 0 aliphatic rings. The van der Waals surface area contributed by atoms with Crippen molar-refractivity contribution in [3.8, 4) is 17.2 Å². The molecule has 146 valence electrons. The number of hydrogen-bond acceptors (Lipinski definition) is 4. The van der Waals surface area contributed by atoms with Gasteiger partial charge in [0.15, 0.2) is 5.58 Å². The lowest BCUT2D eigenvalue weighted by Crippen LogP contribution is -2.13. The molecule has 7 heteroatoms. The summed E-state index contributed by atoms with van der Waals surface area (Å²) in [5, 5.41) is 3.44. The molecule has 0 saturated heterocycles. The number of rotatable bonds is 4. The van der Waals surface area contributed by atoms with Gasteiger partial charge in [-0.05, 0) is 55.0 Å². The largest absolute Gasteiger partial charge is 0.494 e. The number of nitrogens with zero attached hydrogens (tertiary/aromatic N) is 1. The van der Waals surface area contributed by atoms with Crippen LogP contribution in [0.15, 0.2) is 59.0 Å². The Balaban J connectivity index is 1.65. The van der Waals surface area contributed by atoms with Crippen molar-refractivity contribution < 1.29 is 13.9 Å². The highest BCUT2D eigenvalue weighted by Crippen LogP contribution is 2.33. The van der Waals surface area contributed by atoms with Gasteiger partial charge in [-0.1, -0.05) is 35.3 Å². The summed E-state index contributed by atoms with van der Waals surface area (Å²) >= 11 is 12.2. The van der Waals surface area contributed by atoms with Crippen LogP contribution in [0.1, 0.15) is 15.9 Å². The van der Waals surface area contributed by atoms with E-state index in [4.69, 9.17) is 32.4 Å². The molecule has 0 spiro atoms. The monoisotopic (exact) mass is 426 g/mol. The summed E-state index contributed by atoms with van der Waals surface area (Å²) in [6.45, 7) is 1.99. The number of amides is 1. The first kappa shape index (κ1) is 19.3. The summed E-state index contributed by atoms with van der Waals surface area (Å²) in [6.07, 6.45) is 0. The van der Waals surface area contributed by atoms with Crippen LogP contribution in [0.2, 0.25) is 10.0 Å². The van der Waals surface area contributed by atoms with Gasteiger partial charge in [0.1, 0.15) is 11.3 Å². The van der Waals surface area contributed by atoms with Crippen molar-refractivity contribution in [3.63, 3.8) is 0 Å². The molecule has 0 saturated carbocycles. The number of hydrogen-bond donors (Lipinski definition) is 1. The molecule has 0 atom stereocenters. The lowest BCUT2D eigenvalue weighted by Gasteiger charge is -2.12. The van der Waals surface area contributed by atoms with Gasteiger partial charge in [-0.25, -0.2) is 4.98 Å². The van der Waals surface area contributed by atoms with Crippen LogP contribution in [0.5, 0.6) is 5.75 Å². The van der Waals surface area contributed by atoms with E-state index in [2.05, 4.69) is 10.3 Å². The predicted octanol–water partition coefficient (Wildman–Crippen LogP) is 6.37. The van der Waals surface area contributed by atoms with Crippen LogP contribution < -0.4 is 10.1 Å². The molecule has 0 unspecified atom stereocenters. The molecule has 0 radical (unpaired) electrons. The highest BCUT2D eigenvalue weighted by molar-refractivity contribution is 6.36. The second kappa shape index (κ2) is 7.78. The van der Waals surface area contributed by atoms with E-state index in [0.717, 1.165) is 16.6 Å². The number of aryl methyl sites for hydroxylation is 1. The Hall–Kier alpha value is -3.02. The van der Waals surface area contributed by atoms with Gasteiger partial charge in [0.25, 0.3) is 5.91 Å². The summed E-state index contributed by atoms with van der Waals surface area (Å²) in [4.78, 5) is 17.3. The number of carbonyl (C=O) groups excluding carboxylic acids is 1. The Morgan fingerprint density at radius 2 is 1.93 bits per heavy atom. The maximum Gasteiger partial charge on any atom is 0.259 e. The van der Waals surface area contributed by atoms with Crippen molar-refractivity contribution in [1.82, 2.24) is 4.98 Å². The van der Waals surface area contributed by atoms with Crippen LogP contribution >= 0.6 is 23.2 Å². The van der Waals surface area contributed by atoms with E-state index in [1.54, 1.807) is 12.1 Å². The summed E-state index contributed by atoms with van der Waals surface area (Å²) in [5.74, 6) is 0.348. The van der Waals surface area contributed by atoms with Crippen LogP contribution in [0.3, 0.4) is 0 Å². The molecule has 4 aromatic rings. The summed E-state index contributed by atoms with van der Waals surface area (Å²) in [5.41, 5.74) is 4.14. The molecule has 0 aliphatic heterocycles. The fourth-order valence-corrected chi connectivity index (χ4v) is 3.59. The second-order valence-electron chi connectivity index (χ2n) is 6.49. The smallest absolute Gasteiger partial charge is 0.259 e. The van der Waals surface area contributed by atoms with Gasteiger partial charge < -0.3 is 14.5 Å². The molecule has 1 amide bonds. The summed E-state index contributed by atoms with van der Waals surface area (Å²) in [7, 11) is 1.45. The molecule has 29 heavy (non-hydrogen) atoms. The normalized spacial score (nSPS) is 10.9. The average Bonchev–Trinajstić information content (AvgIpc) is 3.11. The number of nitrogens with one attached hydrogen (secondary N) is 1. The Morgan fingerprint density at radius 1 is 1.10 bits per heavy atom.